The van der Waals surface area contributed by atoms with Gasteiger partial charge in [0.2, 0.25) is 0 Å². The van der Waals surface area contributed by atoms with Gasteiger partial charge in [-0.3, -0.25) is 0 Å². The maximum atomic E-state index is 12.1. The van der Waals surface area contributed by atoms with Crippen LogP contribution in [-0.4, -0.2) is 35.6 Å². The minimum Gasteiger partial charge on any atom is -0.461 e. The second-order valence-electron chi connectivity index (χ2n) is 5.33. The zero-order chi connectivity index (χ0) is 15.0. The Morgan fingerprint density at radius 3 is 2.50 bits per heavy atom. The Balaban J connectivity index is 2.48. The molecule has 0 bridgehead atoms. The van der Waals surface area contributed by atoms with Crippen molar-refractivity contribution < 1.29 is 19.1 Å². The third kappa shape index (κ3) is 6.59. The van der Waals surface area contributed by atoms with Crippen LogP contribution in [0.2, 0.25) is 0 Å². The molecule has 1 fully saturated rings. The van der Waals surface area contributed by atoms with Crippen molar-refractivity contribution in [1.29, 1.82) is 0 Å². The summed E-state index contributed by atoms with van der Waals surface area (Å²) >= 11 is 3.33. The summed E-state index contributed by atoms with van der Waals surface area (Å²) in [6.07, 6.45) is 4.62. The van der Waals surface area contributed by atoms with E-state index >= 15 is 0 Å². The molecule has 0 aromatic rings. The molecule has 1 aliphatic rings. The Morgan fingerprint density at radius 1 is 1.30 bits per heavy atom. The van der Waals surface area contributed by atoms with Crippen LogP contribution in [0.5, 0.6) is 0 Å². The van der Waals surface area contributed by atoms with E-state index < -0.39 is 12.1 Å². The van der Waals surface area contributed by atoms with Gasteiger partial charge in [-0.05, 0) is 52.4 Å². The number of esters is 1. The Bertz CT molecular complexity index is 316. The molecule has 1 amide bonds. The zero-order valence-corrected chi connectivity index (χ0v) is 13.8. The third-order valence-electron chi connectivity index (χ3n) is 3.13. The molecule has 0 heterocycles. The van der Waals surface area contributed by atoms with E-state index in [4.69, 9.17) is 9.47 Å². The molecule has 20 heavy (non-hydrogen) atoms. The number of alkyl halides is 1. The molecule has 0 aliphatic heterocycles. The second-order valence-corrected chi connectivity index (χ2v) is 6.12. The van der Waals surface area contributed by atoms with E-state index in [0.29, 0.717) is 6.42 Å². The van der Waals surface area contributed by atoms with Crippen LogP contribution in [0.25, 0.3) is 0 Å². The summed E-state index contributed by atoms with van der Waals surface area (Å²) in [4.78, 5) is 23.7. The van der Waals surface area contributed by atoms with Crippen molar-refractivity contribution in [2.45, 2.75) is 70.6 Å². The molecule has 0 spiro atoms. The van der Waals surface area contributed by atoms with Gasteiger partial charge in [0.25, 0.3) is 0 Å². The minimum absolute atomic E-state index is 0.0110. The normalized spacial score (nSPS) is 17.0. The van der Waals surface area contributed by atoms with Gasteiger partial charge in [0.15, 0.2) is 0 Å². The average Bonchev–Trinajstić information content (AvgIpc) is 2.86. The number of hydrogen-bond donors (Lipinski definition) is 1. The number of carbonyl (C=O) groups excluding carboxylic acids is 2. The summed E-state index contributed by atoms with van der Waals surface area (Å²) < 4.78 is 10.5. The summed E-state index contributed by atoms with van der Waals surface area (Å²) in [5.41, 5.74) is 0. The van der Waals surface area contributed by atoms with E-state index in [1.54, 1.807) is 13.8 Å². The SMILES string of the molecule is CC(C)OC(=O)NC(CCCBr)C(=O)OC1CCCC1. The van der Waals surface area contributed by atoms with Gasteiger partial charge in [-0.15, -0.1) is 0 Å². The van der Waals surface area contributed by atoms with Crippen LogP contribution in [0.15, 0.2) is 0 Å². The Labute approximate surface area is 128 Å². The highest BCUT2D eigenvalue weighted by Gasteiger charge is 2.27. The highest BCUT2D eigenvalue weighted by Crippen LogP contribution is 2.21. The number of hydrogen-bond acceptors (Lipinski definition) is 4. The second kappa shape index (κ2) is 9.21. The molecule has 0 aromatic heterocycles. The number of amides is 1. The monoisotopic (exact) mass is 349 g/mol. The van der Waals surface area contributed by atoms with Gasteiger partial charge in [-0.1, -0.05) is 15.9 Å². The van der Waals surface area contributed by atoms with Crippen LogP contribution in [-0.2, 0) is 14.3 Å². The molecule has 1 unspecified atom stereocenters. The first-order valence-corrected chi connectivity index (χ1v) is 8.38. The first-order chi connectivity index (χ1) is 9.52. The Hall–Kier alpha value is -0.780. The molecule has 1 atom stereocenters. The van der Waals surface area contributed by atoms with Crippen LogP contribution in [0.4, 0.5) is 4.79 Å². The highest BCUT2D eigenvalue weighted by molar-refractivity contribution is 9.09. The van der Waals surface area contributed by atoms with E-state index in [2.05, 4.69) is 21.2 Å². The molecule has 116 valence electrons. The third-order valence-corrected chi connectivity index (χ3v) is 3.69. The number of nitrogens with one attached hydrogen (secondary N) is 1. The van der Waals surface area contributed by atoms with Gasteiger partial charge in [0.1, 0.15) is 12.1 Å². The van der Waals surface area contributed by atoms with E-state index in [1.165, 1.54) is 0 Å². The lowest BCUT2D eigenvalue weighted by atomic mass is 10.1. The number of rotatable bonds is 7. The first kappa shape index (κ1) is 17.3. The first-order valence-electron chi connectivity index (χ1n) is 7.26. The molecular weight excluding hydrogens is 326 g/mol. The van der Waals surface area contributed by atoms with Gasteiger partial charge in [0.05, 0.1) is 6.10 Å². The average molecular weight is 350 g/mol. The van der Waals surface area contributed by atoms with Crippen molar-refractivity contribution in [3.05, 3.63) is 0 Å². The van der Waals surface area contributed by atoms with Crippen LogP contribution in [0.3, 0.4) is 0 Å². The largest absolute Gasteiger partial charge is 0.461 e. The predicted molar refractivity (Wildman–Crippen MR) is 79.9 cm³/mol. The van der Waals surface area contributed by atoms with Crippen molar-refractivity contribution in [3.8, 4) is 0 Å². The van der Waals surface area contributed by atoms with Crippen LogP contribution in [0.1, 0.15) is 52.4 Å². The Morgan fingerprint density at radius 2 is 1.95 bits per heavy atom. The maximum Gasteiger partial charge on any atom is 0.408 e. The predicted octanol–water partition coefficient (Wildman–Crippen LogP) is 3.15. The smallest absolute Gasteiger partial charge is 0.408 e. The van der Waals surface area contributed by atoms with Crippen LogP contribution < -0.4 is 5.32 Å². The molecule has 0 aromatic carbocycles. The van der Waals surface area contributed by atoms with Crippen molar-refractivity contribution in [2.75, 3.05) is 5.33 Å². The number of alkyl carbamates (subject to hydrolysis) is 1. The fourth-order valence-corrected chi connectivity index (χ4v) is 2.50. The fourth-order valence-electron chi connectivity index (χ4n) is 2.17. The lowest BCUT2D eigenvalue weighted by Gasteiger charge is -2.20. The van der Waals surface area contributed by atoms with Crippen molar-refractivity contribution in [1.82, 2.24) is 5.32 Å². The molecule has 1 N–H and O–H groups in total. The molecule has 1 aliphatic carbocycles. The summed E-state index contributed by atoms with van der Waals surface area (Å²) in [6, 6.07) is -0.626. The molecule has 1 rings (SSSR count). The van der Waals surface area contributed by atoms with Crippen molar-refractivity contribution in [3.63, 3.8) is 0 Å². The molecule has 0 saturated heterocycles. The zero-order valence-electron chi connectivity index (χ0n) is 12.2. The van der Waals surface area contributed by atoms with Crippen molar-refractivity contribution >= 4 is 28.0 Å². The summed E-state index contributed by atoms with van der Waals surface area (Å²) in [5, 5.41) is 3.38. The van der Waals surface area contributed by atoms with Crippen molar-refractivity contribution in [2.24, 2.45) is 0 Å². The quantitative estimate of drug-likeness (QED) is 0.566. The highest BCUT2D eigenvalue weighted by atomic mass is 79.9. The van der Waals surface area contributed by atoms with Gasteiger partial charge in [0, 0.05) is 5.33 Å². The molecule has 0 radical (unpaired) electrons. The lowest BCUT2D eigenvalue weighted by molar-refractivity contribution is -0.151. The van der Waals surface area contributed by atoms with E-state index in [0.717, 1.165) is 37.4 Å². The van der Waals surface area contributed by atoms with Gasteiger partial charge in [-0.2, -0.15) is 0 Å². The molecular formula is C14H24BrNO4. The standard InChI is InChI=1S/C14H24BrNO4/c1-10(2)19-14(18)16-12(8-5-9-15)13(17)20-11-6-3-4-7-11/h10-12H,3-9H2,1-2H3,(H,16,18). The number of carbonyl (C=O) groups is 2. The van der Waals surface area contributed by atoms with Crippen LogP contribution in [0, 0.1) is 0 Å². The number of ether oxygens (including phenoxy) is 2. The van der Waals surface area contributed by atoms with Crippen LogP contribution >= 0.6 is 15.9 Å². The summed E-state index contributed by atoms with van der Waals surface area (Å²) in [6.45, 7) is 3.54. The topological polar surface area (TPSA) is 64.6 Å². The fraction of sp³-hybridized carbons (Fsp3) is 0.857. The molecule has 6 heteroatoms. The maximum absolute atomic E-state index is 12.1. The Kier molecular flexibility index (Phi) is 7.95. The summed E-state index contributed by atoms with van der Waals surface area (Å²) in [5.74, 6) is -0.349. The minimum atomic E-state index is -0.626. The van der Waals surface area contributed by atoms with E-state index in [1.807, 2.05) is 0 Å². The van der Waals surface area contributed by atoms with Gasteiger partial charge >= 0.3 is 12.1 Å². The van der Waals surface area contributed by atoms with Gasteiger partial charge < -0.3 is 14.8 Å². The molecule has 5 nitrogen and oxygen atoms in total. The number of halogens is 1. The summed E-state index contributed by atoms with van der Waals surface area (Å²) in [7, 11) is 0. The van der Waals surface area contributed by atoms with E-state index in [9.17, 15) is 9.59 Å². The lowest BCUT2D eigenvalue weighted by Crippen LogP contribution is -2.43. The van der Waals surface area contributed by atoms with Gasteiger partial charge in [-0.25, -0.2) is 9.59 Å². The molecule has 1 saturated carbocycles. The van der Waals surface area contributed by atoms with E-state index in [-0.39, 0.29) is 18.2 Å².